The number of anilines is 2. The largest absolute Gasteiger partial charge is 0.468 e. The molecular weight excluding hydrogens is 480 g/mol. The van der Waals surface area contributed by atoms with E-state index in [2.05, 4.69) is 64.7 Å². The van der Waals surface area contributed by atoms with E-state index in [-0.39, 0.29) is 12.0 Å². The van der Waals surface area contributed by atoms with Gasteiger partial charge in [-0.1, -0.05) is 30.3 Å². The van der Waals surface area contributed by atoms with E-state index in [1.165, 1.54) is 12.7 Å². The van der Waals surface area contributed by atoms with E-state index in [4.69, 9.17) is 4.74 Å². The molecule has 1 atom stereocenters. The molecule has 194 valence electrons. The van der Waals surface area contributed by atoms with Gasteiger partial charge in [0.1, 0.15) is 29.2 Å². The van der Waals surface area contributed by atoms with Crippen molar-refractivity contribution in [1.82, 2.24) is 35.1 Å². The van der Waals surface area contributed by atoms with Crippen LogP contribution in [0.5, 0.6) is 0 Å². The molecule has 1 fully saturated rings. The highest BCUT2D eigenvalue weighted by molar-refractivity contribution is 5.76. The maximum atomic E-state index is 11.9. The molecule has 0 aliphatic carbocycles. The Kier molecular flexibility index (Phi) is 7.91. The molecule has 10 nitrogen and oxygen atoms in total. The van der Waals surface area contributed by atoms with Gasteiger partial charge in [-0.25, -0.2) is 24.9 Å². The number of ether oxygens (including phenoxy) is 1. The highest BCUT2D eigenvalue weighted by Gasteiger charge is 2.25. The Morgan fingerprint density at radius 3 is 2.55 bits per heavy atom. The zero-order chi connectivity index (χ0) is 26.3. The van der Waals surface area contributed by atoms with Crippen LogP contribution in [0.1, 0.15) is 22.6 Å². The summed E-state index contributed by atoms with van der Waals surface area (Å²) in [5, 5.41) is 6.46. The Morgan fingerprint density at radius 1 is 1.00 bits per heavy atom. The molecule has 1 saturated heterocycles. The summed E-state index contributed by atoms with van der Waals surface area (Å²) < 4.78 is 4.88. The zero-order valence-electron chi connectivity index (χ0n) is 21.5. The third-order valence-corrected chi connectivity index (χ3v) is 6.27. The fourth-order valence-corrected chi connectivity index (χ4v) is 4.36. The van der Waals surface area contributed by atoms with Gasteiger partial charge in [0.05, 0.1) is 7.11 Å². The summed E-state index contributed by atoms with van der Waals surface area (Å²) in [6.45, 7) is 5.01. The van der Waals surface area contributed by atoms with Crippen LogP contribution in [0, 0.1) is 6.92 Å². The molecule has 0 amide bonds. The van der Waals surface area contributed by atoms with E-state index in [1.54, 1.807) is 18.5 Å². The first-order valence-electron chi connectivity index (χ1n) is 12.5. The molecule has 0 radical (unpaired) electrons. The summed E-state index contributed by atoms with van der Waals surface area (Å²) in [4.78, 5) is 36.7. The lowest BCUT2D eigenvalue weighted by Crippen LogP contribution is -2.54. The van der Waals surface area contributed by atoms with Crippen LogP contribution in [-0.2, 0) is 22.5 Å². The molecule has 0 bridgehead atoms. The van der Waals surface area contributed by atoms with E-state index in [0.29, 0.717) is 36.3 Å². The Labute approximate surface area is 221 Å². The van der Waals surface area contributed by atoms with Gasteiger partial charge in [-0.15, -0.1) is 0 Å². The molecule has 38 heavy (non-hydrogen) atoms. The second-order valence-electron chi connectivity index (χ2n) is 9.17. The van der Waals surface area contributed by atoms with Crippen molar-refractivity contribution in [2.24, 2.45) is 0 Å². The summed E-state index contributed by atoms with van der Waals surface area (Å²) in [6, 6.07) is 17.5. The number of carbonyl (C=O) groups excluding carboxylic acids is 1. The minimum atomic E-state index is -0.279. The number of benzene rings is 1. The van der Waals surface area contributed by atoms with Gasteiger partial charge in [-0.2, -0.15) is 0 Å². The molecule has 4 heterocycles. The first-order valence-corrected chi connectivity index (χ1v) is 12.5. The lowest BCUT2D eigenvalue weighted by molar-refractivity contribution is -0.144. The van der Waals surface area contributed by atoms with Crippen LogP contribution in [0.4, 0.5) is 11.6 Å². The molecule has 3 aromatic heterocycles. The van der Waals surface area contributed by atoms with Crippen molar-refractivity contribution in [1.29, 1.82) is 0 Å². The lowest BCUT2D eigenvalue weighted by atomic mass is 10.1. The zero-order valence-corrected chi connectivity index (χ0v) is 21.5. The number of hydrogen-bond donors (Lipinski definition) is 2. The first-order chi connectivity index (χ1) is 18.6. The summed E-state index contributed by atoms with van der Waals surface area (Å²) in [7, 11) is 1.42. The molecule has 1 aliphatic rings. The Hall–Kier alpha value is -4.28. The molecule has 0 spiro atoms. The van der Waals surface area contributed by atoms with Crippen LogP contribution < -0.4 is 10.6 Å². The maximum absolute atomic E-state index is 11.9. The van der Waals surface area contributed by atoms with Crippen molar-refractivity contribution in [3.8, 4) is 11.5 Å². The average molecular weight is 511 g/mol. The van der Waals surface area contributed by atoms with Gasteiger partial charge in [-0.3, -0.25) is 9.69 Å². The molecule has 0 unspecified atom stereocenters. The van der Waals surface area contributed by atoms with E-state index in [1.807, 2.05) is 31.2 Å². The second kappa shape index (κ2) is 11.8. The number of aryl methyl sites for hydroxylation is 1. The number of hydrogen-bond acceptors (Lipinski definition) is 10. The number of aromatic nitrogens is 5. The van der Waals surface area contributed by atoms with Crippen LogP contribution in [0.2, 0.25) is 0 Å². The van der Waals surface area contributed by atoms with Crippen molar-refractivity contribution in [2.45, 2.75) is 25.9 Å². The van der Waals surface area contributed by atoms with Crippen molar-refractivity contribution in [3.05, 3.63) is 89.6 Å². The Morgan fingerprint density at radius 2 is 1.76 bits per heavy atom. The Bertz CT molecular complexity index is 1400. The quantitative estimate of drug-likeness (QED) is 0.343. The molecule has 1 aromatic carbocycles. The van der Waals surface area contributed by atoms with Crippen LogP contribution in [-0.4, -0.2) is 68.6 Å². The number of piperazine rings is 1. The van der Waals surface area contributed by atoms with Crippen LogP contribution in [0.3, 0.4) is 0 Å². The smallest absolute Gasteiger partial charge is 0.324 e. The van der Waals surface area contributed by atoms with E-state index in [9.17, 15) is 4.79 Å². The molecular formula is C28H30N8O2. The number of nitrogens with one attached hydrogen (secondary N) is 2. The van der Waals surface area contributed by atoms with Gasteiger partial charge in [0, 0.05) is 50.7 Å². The molecule has 1 aliphatic heterocycles. The fourth-order valence-electron chi connectivity index (χ4n) is 4.36. The average Bonchev–Trinajstić information content (AvgIpc) is 2.94. The lowest BCUT2D eigenvalue weighted by Gasteiger charge is -2.32. The summed E-state index contributed by atoms with van der Waals surface area (Å²) in [5.41, 5.74) is 3.95. The number of carbonyl (C=O) groups is 1. The molecule has 4 aromatic rings. The minimum absolute atomic E-state index is 0.217. The van der Waals surface area contributed by atoms with E-state index in [0.717, 1.165) is 36.6 Å². The van der Waals surface area contributed by atoms with Crippen molar-refractivity contribution < 1.29 is 9.53 Å². The highest BCUT2D eigenvalue weighted by Crippen LogP contribution is 2.18. The van der Waals surface area contributed by atoms with Crippen molar-refractivity contribution >= 4 is 17.6 Å². The third kappa shape index (κ3) is 6.53. The summed E-state index contributed by atoms with van der Waals surface area (Å²) in [6.07, 6.45) is 4.05. The second-order valence-corrected chi connectivity index (χ2v) is 9.17. The fraction of sp³-hybridized carbons (Fsp3) is 0.286. The summed E-state index contributed by atoms with van der Waals surface area (Å²) in [5.74, 6) is 2.34. The third-order valence-electron chi connectivity index (χ3n) is 6.27. The van der Waals surface area contributed by atoms with Gasteiger partial charge < -0.3 is 15.4 Å². The van der Waals surface area contributed by atoms with E-state index < -0.39 is 0 Å². The number of methoxy groups -OCH3 is 1. The van der Waals surface area contributed by atoms with E-state index >= 15 is 0 Å². The van der Waals surface area contributed by atoms with Crippen LogP contribution in [0.15, 0.2) is 67.0 Å². The highest BCUT2D eigenvalue weighted by atomic mass is 16.5. The standard InChI is InChI=1S/C28H30N8O2/c1-19-4-3-5-22(32-19)27-31-13-11-25(35-27)33-24-10-12-30-26(34-24)16-20-6-8-21(9-7-20)17-36-15-14-29-23(18-36)28(37)38-2/h3-13,23,29H,14-18H2,1-2H3,(H,30,31,33,34,35)/t23-/m1/s1. The molecule has 2 N–H and O–H groups in total. The normalized spacial score (nSPS) is 15.7. The predicted octanol–water partition coefficient (Wildman–Crippen LogP) is 2.92. The number of pyridine rings is 1. The molecule has 5 rings (SSSR count). The van der Waals surface area contributed by atoms with Crippen molar-refractivity contribution in [2.75, 3.05) is 32.1 Å². The summed E-state index contributed by atoms with van der Waals surface area (Å²) >= 11 is 0. The van der Waals surface area contributed by atoms with Crippen molar-refractivity contribution in [3.63, 3.8) is 0 Å². The SMILES string of the molecule is COC(=O)[C@H]1CN(Cc2ccc(Cc3nccc(Nc4ccnc(-c5cccc(C)n5)n4)n3)cc2)CCN1. The number of esters is 1. The van der Waals surface area contributed by atoms with Gasteiger partial charge in [0.25, 0.3) is 0 Å². The van der Waals surface area contributed by atoms with Gasteiger partial charge >= 0.3 is 5.97 Å². The Balaban J connectivity index is 1.20. The number of nitrogens with zero attached hydrogens (tertiary/aromatic N) is 6. The van der Waals surface area contributed by atoms with Gasteiger partial charge in [-0.05, 0) is 42.3 Å². The van der Waals surface area contributed by atoms with Crippen LogP contribution >= 0.6 is 0 Å². The number of rotatable bonds is 8. The first kappa shape index (κ1) is 25.4. The minimum Gasteiger partial charge on any atom is -0.468 e. The van der Waals surface area contributed by atoms with Crippen LogP contribution in [0.25, 0.3) is 11.5 Å². The molecule has 10 heteroatoms. The monoisotopic (exact) mass is 510 g/mol. The predicted molar refractivity (Wildman–Crippen MR) is 144 cm³/mol. The molecule has 0 saturated carbocycles. The topological polar surface area (TPSA) is 118 Å². The van der Waals surface area contributed by atoms with Gasteiger partial charge in [0.2, 0.25) is 0 Å². The van der Waals surface area contributed by atoms with Gasteiger partial charge in [0.15, 0.2) is 5.82 Å². The maximum Gasteiger partial charge on any atom is 0.324 e.